The fourth-order valence-electron chi connectivity index (χ4n) is 2.00. The molecule has 0 saturated heterocycles. The number of benzene rings is 1. The zero-order valence-corrected chi connectivity index (χ0v) is 14.6. The number of alkyl halides is 1. The molecule has 0 amide bonds. The molecule has 7 heteroatoms. The van der Waals surface area contributed by atoms with E-state index in [0.717, 1.165) is 0 Å². The van der Waals surface area contributed by atoms with Gasteiger partial charge in [-0.05, 0) is 50.6 Å². The van der Waals surface area contributed by atoms with E-state index in [1.165, 1.54) is 18.3 Å². The van der Waals surface area contributed by atoms with Crippen LogP contribution in [0.5, 0.6) is 5.75 Å². The molecule has 0 saturated carbocycles. The molecule has 0 fully saturated rings. The number of nitrogens with one attached hydrogen (secondary N) is 1. The quantitative estimate of drug-likeness (QED) is 0.804. The van der Waals surface area contributed by atoms with E-state index in [1.54, 1.807) is 24.3 Å². The van der Waals surface area contributed by atoms with Crippen molar-refractivity contribution in [3.63, 3.8) is 0 Å². The first-order valence-electron chi connectivity index (χ1n) is 7.40. The first-order valence-corrected chi connectivity index (χ1v) is 8.55. The zero-order chi connectivity index (χ0) is 17.7. The van der Waals surface area contributed by atoms with Crippen molar-refractivity contribution in [2.45, 2.75) is 31.6 Å². The second-order valence-corrected chi connectivity index (χ2v) is 8.12. The number of halogens is 2. The summed E-state index contributed by atoms with van der Waals surface area (Å²) in [5, 5.41) is 0. The molecular weight excluding hydrogens is 334 g/mol. The maximum Gasteiger partial charge on any atom is 0.228 e. The van der Waals surface area contributed by atoms with Crippen LogP contribution in [-0.2, 0) is 11.4 Å². The maximum atomic E-state index is 14.2. The highest BCUT2D eigenvalue weighted by atomic mass is 32.2. The van der Waals surface area contributed by atoms with E-state index in [9.17, 15) is 13.3 Å². The first kappa shape index (κ1) is 18.6. The molecule has 1 N–H and O–H groups in total. The van der Waals surface area contributed by atoms with Crippen LogP contribution in [0.15, 0.2) is 42.6 Å². The molecule has 0 aliphatic rings. The molecule has 4 nitrogen and oxygen atoms in total. The second kappa shape index (κ2) is 7.92. The lowest BCUT2D eigenvalue weighted by molar-refractivity contribution is 0.191. The average molecular weight is 354 g/mol. The van der Waals surface area contributed by atoms with E-state index in [0.29, 0.717) is 11.3 Å². The van der Waals surface area contributed by atoms with Crippen molar-refractivity contribution in [2.75, 3.05) is 6.86 Å². The molecule has 130 valence electrons. The van der Waals surface area contributed by atoms with Gasteiger partial charge in [0.2, 0.25) is 6.86 Å². The van der Waals surface area contributed by atoms with Crippen molar-refractivity contribution >= 4 is 11.4 Å². The van der Waals surface area contributed by atoms with E-state index in [-0.39, 0.29) is 5.69 Å². The van der Waals surface area contributed by atoms with Gasteiger partial charge in [-0.2, -0.15) is 0 Å². The van der Waals surface area contributed by atoms with Crippen LogP contribution in [-0.4, -0.2) is 21.1 Å². The Morgan fingerprint density at radius 1 is 1.25 bits per heavy atom. The van der Waals surface area contributed by atoms with Crippen molar-refractivity contribution < 1.29 is 18.1 Å². The van der Waals surface area contributed by atoms with Crippen molar-refractivity contribution in [3.8, 4) is 5.75 Å². The lowest BCUT2D eigenvalue weighted by atomic mass is 10.0. The highest BCUT2D eigenvalue weighted by molar-refractivity contribution is 7.90. The van der Waals surface area contributed by atoms with Crippen LogP contribution in [0.4, 0.5) is 8.78 Å². The van der Waals surface area contributed by atoms with Crippen LogP contribution >= 0.6 is 0 Å². The van der Waals surface area contributed by atoms with E-state index >= 15 is 0 Å². The SMILES string of the molecule is CC(C)(C)[S@+]([O-])N[C@@H](c1ccc(OCF)cc1)c1ncccc1F. The maximum absolute atomic E-state index is 14.2. The van der Waals surface area contributed by atoms with Gasteiger partial charge in [0.1, 0.15) is 28.0 Å². The van der Waals surface area contributed by atoms with Gasteiger partial charge in [0, 0.05) is 17.6 Å². The van der Waals surface area contributed by atoms with Crippen LogP contribution in [0, 0.1) is 5.82 Å². The lowest BCUT2D eigenvalue weighted by Gasteiger charge is -2.28. The molecule has 0 spiro atoms. The summed E-state index contributed by atoms with van der Waals surface area (Å²) in [6, 6.07) is 8.57. The predicted molar refractivity (Wildman–Crippen MR) is 90.1 cm³/mol. The van der Waals surface area contributed by atoms with Crippen molar-refractivity contribution in [1.82, 2.24) is 9.71 Å². The molecule has 1 aromatic carbocycles. The van der Waals surface area contributed by atoms with Gasteiger partial charge in [0.25, 0.3) is 0 Å². The largest absolute Gasteiger partial charge is 0.598 e. The Kier molecular flexibility index (Phi) is 6.15. The Morgan fingerprint density at radius 2 is 1.92 bits per heavy atom. The molecule has 0 aliphatic carbocycles. The number of aromatic nitrogens is 1. The molecular formula is C17H20F2N2O2S. The summed E-state index contributed by atoms with van der Waals surface area (Å²) < 4.78 is 46.1. The van der Waals surface area contributed by atoms with E-state index in [1.807, 2.05) is 20.8 Å². The normalized spacial score (nSPS) is 14.2. The van der Waals surface area contributed by atoms with Crippen LogP contribution in [0.25, 0.3) is 0 Å². The first-order chi connectivity index (χ1) is 11.3. The van der Waals surface area contributed by atoms with Crippen molar-refractivity contribution in [2.24, 2.45) is 0 Å². The Balaban J connectivity index is 2.37. The highest BCUT2D eigenvalue weighted by Crippen LogP contribution is 2.27. The molecule has 0 bridgehead atoms. The minimum absolute atomic E-state index is 0.147. The van der Waals surface area contributed by atoms with Gasteiger partial charge < -0.3 is 9.29 Å². The van der Waals surface area contributed by atoms with Gasteiger partial charge in [-0.3, -0.25) is 4.98 Å². The Morgan fingerprint density at radius 3 is 2.46 bits per heavy atom. The summed E-state index contributed by atoms with van der Waals surface area (Å²) in [6.07, 6.45) is 1.48. The number of ether oxygens (including phenoxy) is 1. The third-order valence-corrected chi connectivity index (χ3v) is 4.84. The number of hydrogen-bond donors (Lipinski definition) is 1. The molecule has 2 rings (SSSR count). The average Bonchev–Trinajstić information content (AvgIpc) is 2.53. The van der Waals surface area contributed by atoms with Gasteiger partial charge in [0.15, 0.2) is 0 Å². The highest BCUT2D eigenvalue weighted by Gasteiger charge is 2.32. The lowest BCUT2D eigenvalue weighted by Crippen LogP contribution is -2.42. The van der Waals surface area contributed by atoms with Crippen molar-refractivity contribution in [1.29, 1.82) is 0 Å². The second-order valence-electron chi connectivity index (χ2n) is 6.12. The van der Waals surface area contributed by atoms with Gasteiger partial charge in [-0.15, -0.1) is 4.72 Å². The fourth-order valence-corrected chi connectivity index (χ4v) is 2.81. The monoisotopic (exact) mass is 354 g/mol. The van der Waals surface area contributed by atoms with E-state index in [2.05, 4.69) is 9.71 Å². The third kappa shape index (κ3) is 4.66. The van der Waals surface area contributed by atoms with E-state index in [4.69, 9.17) is 4.74 Å². The number of nitrogens with zero attached hydrogens (tertiary/aromatic N) is 1. The van der Waals surface area contributed by atoms with Gasteiger partial charge in [-0.25, -0.2) is 8.78 Å². The predicted octanol–water partition coefficient (Wildman–Crippen LogP) is 3.67. The van der Waals surface area contributed by atoms with Crippen LogP contribution in [0.1, 0.15) is 38.1 Å². The molecule has 1 heterocycles. The van der Waals surface area contributed by atoms with Gasteiger partial charge in [0.05, 0.1) is 0 Å². The van der Waals surface area contributed by atoms with Crippen molar-refractivity contribution in [3.05, 3.63) is 59.7 Å². The van der Waals surface area contributed by atoms with Crippen LogP contribution in [0.3, 0.4) is 0 Å². The Bertz CT molecular complexity index is 662. The minimum Gasteiger partial charge on any atom is -0.598 e. The summed E-state index contributed by atoms with van der Waals surface area (Å²) in [5.41, 5.74) is 0.797. The number of hydrogen-bond acceptors (Lipinski definition) is 4. The number of rotatable bonds is 6. The molecule has 0 aliphatic heterocycles. The minimum atomic E-state index is -1.43. The van der Waals surface area contributed by atoms with Crippen LogP contribution in [0.2, 0.25) is 0 Å². The van der Waals surface area contributed by atoms with Gasteiger partial charge >= 0.3 is 0 Å². The molecule has 0 unspecified atom stereocenters. The molecule has 0 radical (unpaired) electrons. The summed E-state index contributed by atoms with van der Waals surface area (Å²) in [5.74, 6) is -0.136. The number of pyridine rings is 1. The fraction of sp³-hybridized carbons (Fsp3) is 0.353. The smallest absolute Gasteiger partial charge is 0.228 e. The molecule has 2 atom stereocenters. The summed E-state index contributed by atoms with van der Waals surface area (Å²) in [4.78, 5) is 4.09. The zero-order valence-electron chi connectivity index (χ0n) is 13.8. The topological polar surface area (TPSA) is 57.2 Å². The van der Waals surface area contributed by atoms with E-state index < -0.39 is 34.8 Å². The van der Waals surface area contributed by atoms with Crippen LogP contribution < -0.4 is 9.46 Å². The summed E-state index contributed by atoms with van der Waals surface area (Å²) in [7, 11) is 0. The third-order valence-electron chi connectivity index (χ3n) is 3.28. The molecule has 24 heavy (non-hydrogen) atoms. The standard InChI is InChI=1S/C17H20F2N2O2S/c1-17(2,3)24(22)21-15(16-14(19)5-4-10-20-16)12-6-8-13(9-7-12)23-11-18/h4-10,15,21H,11H2,1-3H3/t15-,24-/m0/s1. The molecule has 2 aromatic rings. The Hall–Kier alpha value is -1.70. The Labute approximate surface area is 143 Å². The molecule has 1 aromatic heterocycles. The van der Waals surface area contributed by atoms with Gasteiger partial charge in [-0.1, -0.05) is 12.1 Å². The summed E-state index contributed by atoms with van der Waals surface area (Å²) in [6.45, 7) is 4.53. The summed E-state index contributed by atoms with van der Waals surface area (Å²) >= 11 is -1.43.